The van der Waals surface area contributed by atoms with Crippen molar-refractivity contribution in [1.29, 1.82) is 0 Å². The molecule has 2 saturated carbocycles. The van der Waals surface area contributed by atoms with Crippen LogP contribution >= 0.6 is 0 Å². The third-order valence-electron chi connectivity index (χ3n) is 5.86. The highest BCUT2D eigenvalue weighted by atomic mass is 16.2. The van der Waals surface area contributed by atoms with Crippen molar-refractivity contribution < 1.29 is 9.59 Å². The van der Waals surface area contributed by atoms with Gasteiger partial charge in [0.2, 0.25) is 5.91 Å². The highest BCUT2D eigenvalue weighted by Crippen LogP contribution is 2.40. The summed E-state index contributed by atoms with van der Waals surface area (Å²) < 4.78 is 0. The molecule has 1 aromatic carbocycles. The van der Waals surface area contributed by atoms with Crippen LogP contribution in [0.15, 0.2) is 24.3 Å². The summed E-state index contributed by atoms with van der Waals surface area (Å²) in [6.45, 7) is 1.83. The number of carbonyl (C=O) groups is 2. The molecule has 0 aromatic heterocycles. The second-order valence-electron chi connectivity index (χ2n) is 7.51. The van der Waals surface area contributed by atoms with Gasteiger partial charge in [-0.15, -0.1) is 0 Å². The molecule has 25 heavy (non-hydrogen) atoms. The summed E-state index contributed by atoms with van der Waals surface area (Å²) in [5.41, 5.74) is 7.42. The van der Waals surface area contributed by atoms with Gasteiger partial charge in [-0.1, -0.05) is 25.5 Å². The van der Waals surface area contributed by atoms with Crippen LogP contribution in [-0.4, -0.2) is 30.9 Å². The number of nitrogens with zero attached hydrogens (tertiary/aromatic N) is 1. The molecule has 2 fully saturated rings. The van der Waals surface area contributed by atoms with Crippen LogP contribution in [0.4, 0.5) is 5.69 Å². The van der Waals surface area contributed by atoms with Gasteiger partial charge in [-0.25, -0.2) is 0 Å². The Balaban J connectivity index is 1.79. The van der Waals surface area contributed by atoms with Crippen LogP contribution in [0.2, 0.25) is 0 Å². The molecule has 3 N–H and O–H groups in total. The van der Waals surface area contributed by atoms with E-state index in [9.17, 15) is 9.59 Å². The molecule has 2 atom stereocenters. The lowest BCUT2D eigenvalue weighted by Gasteiger charge is -2.45. The Labute approximate surface area is 150 Å². The average Bonchev–Trinajstić information content (AvgIpc) is 2.61. The van der Waals surface area contributed by atoms with Crippen molar-refractivity contribution in [3.05, 3.63) is 29.8 Å². The number of hydrogen-bond acceptors (Lipinski definition) is 3. The van der Waals surface area contributed by atoms with Crippen LogP contribution in [0.25, 0.3) is 0 Å². The number of nitrogens with two attached hydrogens (primary N) is 1. The Bertz CT molecular complexity index is 632. The van der Waals surface area contributed by atoms with Gasteiger partial charge in [-0.05, 0) is 49.7 Å². The van der Waals surface area contributed by atoms with Crippen LogP contribution in [-0.2, 0) is 4.79 Å². The van der Waals surface area contributed by atoms with E-state index in [1.165, 1.54) is 6.42 Å². The number of nitrogens with one attached hydrogen (secondary N) is 1. The molecule has 2 amide bonds. The largest absolute Gasteiger partial charge is 0.349 e. The fraction of sp³-hybridized carbons (Fsp3) is 0.600. The first kappa shape index (κ1) is 17.9. The molecular weight excluding hydrogens is 314 g/mol. The fourth-order valence-electron chi connectivity index (χ4n) is 4.58. The van der Waals surface area contributed by atoms with Crippen LogP contribution in [0, 0.1) is 11.8 Å². The van der Waals surface area contributed by atoms with Gasteiger partial charge in [-0.2, -0.15) is 0 Å². The summed E-state index contributed by atoms with van der Waals surface area (Å²) in [6.07, 6.45) is 5.93. The summed E-state index contributed by atoms with van der Waals surface area (Å²) in [5.74, 6) is 0.881. The number of carbonyl (C=O) groups excluding carboxylic acids is 2. The number of fused-ring (bicyclic) bond motifs is 2. The topological polar surface area (TPSA) is 75.4 Å². The second-order valence-corrected chi connectivity index (χ2v) is 7.51. The smallest absolute Gasteiger partial charge is 0.253 e. The van der Waals surface area contributed by atoms with Gasteiger partial charge in [0.15, 0.2) is 0 Å². The highest BCUT2D eigenvalue weighted by Gasteiger charge is 2.40. The molecule has 2 aliphatic carbocycles. The number of benzene rings is 1. The van der Waals surface area contributed by atoms with E-state index >= 15 is 0 Å². The van der Waals surface area contributed by atoms with Crippen molar-refractivity contribution in [1.82, 2.24) is 5.32 Å². The van der Waals surface area contributed by atoms with Crippen molar-refractivity contribution in [2.24, 2.45) is 17.6 Å². The van der Waals surface area contributed by atoms with Crippen molar-refractivity contribution in [2.45, 2.75) is 57.5 Å². The predicted octanol–water partition coefficient (Wildman–Crippen LogP) is 2.70. The van der Waals surface area contributed by atoms with Crippen LogP contribution in [0.3, 0.4) is 0 Å². The summed E-state index contributed by atoms with van der Waals surface area (Å²) in [4.78, 5) is 26.6. The van der Waals surface area contributed by atoms with Crippen LogP contribution in [0.1, 0.15) is 55.8 Å². The summed E-state index contributed by atoms with van der Waals surface area (Å²) in [5, 5.41) is 3.28. The molecule has 2 bridgehead atoms. The Morgan fingerprint density at radius 1 is 1.20 bits per heavy atom. The Hall–Kier alpha value is -1.88. The van der Waals surface area contributed by atoms with E-state index in [0.29, 0.717) is 29.5 Å². The van der Waals surface area contributed by atoms with E-state index in [1.807, 2.05) is 25.1 Å². The predicted molar refractivity (Wildman–Crippen MR) is 99.4 cm³/mol. The lowest BCUT2D eigenvalue weighted by Crippen LogP contribution is -2.53. The summed E-state index contributed by atoms with van der Waals surface area (Å²) >= 11 is 0. The first-order chi connectivity index (χ1) is 12.0. The Kier molecular flexibility index (Phi) is 5.42. The maximum Gasteiger partial charge on any atom is 0.253 e. The molecule has 0 heterocycles. The van der Waals surface area contributed by atoms with E-state index < -0.39 is 0 Å². The third-order valence-corrected chi connectivity index (χ3v) is 5.86. The third kappa shape index (κ3) is 3.71. The molecule has 3 rings (SSSR count). The zero-order valence-corrected chi connectivity index (χ0v) is 15.2. The minimum Gasteiger partial charge on any atom is -0.349 e. The van der Waals surface area contributed by atoms with Gasteiger partial charge in [0.05, 0.1) is 11.3 Å². The highest BCUT2D eigenvalue weighted by molar-refractivity contribution is 6.04. The van der Waals surface area contributed by atoms with Crippen molar-refractivity contribution in [3.63, 3.8) is 0 Å². The maximum atomic E-state index is 13.0. The molecule has 136 valence electrons. The molecule has 1 aromatic rings. The summed E-state index contributed by atoms with van der Waals surface area (Å²) in [7, 11) is 1.73. The number of rotatable bonds is 4. The molecule has 5 heteroatoms. The lowest BCUT2D eigenvalue weighted by atomic mass is 9.67. The monoisotopic (exact) mass is 343 g/mol. The number of para-hydroxylation sites is 1. The molecule has 2 unspecified atom stereocenters. The van der Waals surface area contributed by atoms with Gasteiger partial charge in [0, 0.05) is 25.6 Å². The number of amides is 2. The van der Waals surface area contributed by atoms with Crippen LogP contribution in [0.5, 0.6) is 0 Å². The van der Waals surface area contributed by atoms with E-state index in [2.05, 4.69) is 5.32 Å². The normalized spacial score (nSPS) is 28.3. The quantitative estimate of drug-likeness (QED) is 0.882. The van der Waals surface area contributed by atoms with E-state index in [0.717, 1.165) is 25.7 Å². The van der Waals surface area contributed by atoms with Gasteiger partial charge < -0.3 is 16.0 Å². The molecule has 0 aliphatic heterocycles. The van der Waals surface area contributed by atoms with Gasteiger partial charge >= 0.3 is 0 Å². The molecule has 5 nitrogen and oxygen atoms in total. The summed E-state index contributed by atoms with van der Waals surface area (Å²) in [6, 6.07) is 7.82. The molecule has 0 radical (unpaired) electrons. The number of hydrogen-bond donors (Lipinski definition) is 2. The second kappa shape index (κ2) is 7.56. The first-order valence-electron chi connectivity index (χ1n) is 9.43. The fourth-order valence-corrected chi connectivity index (χ4v) is 4.58. The van der Waals surface area contributed by atoms with Gasteiger partial charge in [0.1, 0.15) is 0 Å². The van der Waals surface area contributed by atoms with Crippen molar-refractivity contribution in [3.8, 4) is 0 Å². The van der Waals surface area contributed by atoms with Gasteiger partial charge in [0.25, 0.3) is 5.91 Å². The maximum absolute atomic E-state index is 13.0. The average molecular weight is 343 g/mol. The van der Waals surface area contributed by atoms with Crippen molar-refractivity contribution >= 4 is 17.5 Å². The van der Waals surface area contributed by atoms with E-state index in [4.69, 9.17) is 5.73 Å². The minimum atomic E-state index is -0.0799. The SMILES string of the molecule is CCC(=O)N(C)c1ccccc1C(=O)NC1C2CCCC1CC(N)C2. The number of anilines is 1. The Morgan fingerprint density at radius 2 is 1.84 bits per heavy atom. The molecule has 0 spiro atoms. The zero-order valence-electron chi connectivity index (χ0n) is 15.2. The van der Waals surface area contributed by atoms with E-state index in [1.54, 1.807) is 18.0 Å². The van der Waals surface area contributed by atoms with Gasteiger partial charge in [-0.3, -0.25) is 9.59 Å². The Morgan fingerprint density at radius 3 is 2.48 bits per heavy atom. The zero-order chi connectivity index (χ0) is 18.0. The molecular formula is C20H29N3O2. The first-order valence-corrected chi connectivity index (χ1v) is 9.43. The molecule has 0 saturated heterocycles. The standard InChI is InChI=1S/C20H29N3O2/c1-3-18(24)23(2)17-10-5-4-9-16(17)20(25)22-19-13-7-6-8-14(19)12-15(21)11-13/h4-5,9-10,13-15,19H,3,6-8,11-12,21H2,1-2H3,(H,22,25). The van der Waals surface area contributed by atoms with E-state index in [-0.39, 0.29) is 23.9 Å². The van der Waals surface area contributed by atoms with Crippen molar-refractivity contribution in [2.75, 3.05) is 11.9 Å². The van der Waals surface area contributed by atoms with Crippen LogP contribution < -0.4 is 16.0 Å². The molecule has 2 aliphatic rings. The minimum absolute atomic E-state index is 0.000703. The lowest BCUT2D eigenvalue weighted by molar-refractivity contribution is -0.118.